The lowest BCUT2D eigenvalue weighted by molar-refractivity contribution is -0.254. The van der Waals surface area contributed by atoms with Gasteiger partial charge in [-0.25, -0.2) is 0 Å². The van der Waals surface area contributed by atoms with E-state index in [4.69, 9.17) is 4.74 Å². The number of rotatable bonds is 4. The van der Waals surface area contributed by atoms with Crippen LogP contribution in [0.3, 0.4) is 0 Å². The van der Waals surface area contributed by atoms with Gasteiger partial charge in [-0.2, -0.15) is 26.3 Å². The lowest BCUT2D eigenvalue weighted by Gasteiger charge is -2.26. The molecule has 1 nitrogen and oxygen atoms in total. The number of benzene rings is 1. The fraction of sp³-hybridized carbons (Fsp3) is 0.375. The van der Waals surface area contributed by atoms with E-state index in [-0.39, 0.29) is 21.1 Å². The summed E-state index contributed by atoms with van der Waals surface area (Å²) in [6.07, 6.45) is 0. The smallest absolute Gasteiger partial charge is 0.380 e. The van der Waals surface area contributed by atoms with Crippen LogP contribution in [0.2, 0.25) is 39.3 Å². The Morgan fingerprint density at radius 1 is 0.674 bits per heavy atom. The molecule has 3 aromatic rings. The Kier molecular flexibility index (Phi) is 8.51. The van der Waals surface area contributed by atoms with Gasteiger partial charge in [-0.05, 0) is 30.5 Å². The largest absolute Gasteiger partial charge is 0.487 e. The predicted octanol–water partition coefficient (Wildman–Crippen LogP) is 10.4. The molecule has 0 unspecified atom stereocenters. The summed E-state index contributed by atoms with van der Waals surface area (Å²) < 4.78 is 100. The van der Waals surface area contributed by atoms with Gasteiger partial charge in [0, 0.05) is 27.2 Å². The molecule has 0 aliphatic heterocycles. The number of hydrogen-bond donors (Lipinski definition) is 0. The van der Waals surface area contributed by atoms with E-state index >= 15 is 26.3 Å². The van der Waals surface area contributed by atoms with Gasteiger partial charge < -0.3 is 4.74 Å². The van der Waals surface area contributed by atoms with Crippen molar-refractivity contribution in [3.63, 3.8) is 0 Å². The van der Waals surface area contributed by atoms with Crippen LogP contribution in [0.4, 0.5) is 26.3 Å². The Labute approximate surface area is 259 Å². The van der Waals surface area contributed by atoms with E-state index in [1.165, 1.54) is 21.0 Å². The summed E-state index contributed by atoms with van der Waals surface area (Å²) in [5.41, 5.74) is 3.45. The number of hydrogen-bond acceptors (Lipinski definition) is 3. The fourth-order valence-corrected chi connectivity index (χ4v) is 8.02. The Morgan fingerprint density at radius 3 is 1.65 bits per heavy atom. The molecule has 0 spiro atoms. The van der Waals surface area contributed by atoms with Crippen LogP contribution in [0.25, 0.3) is 21.6 Å². The highest BCUT2D eigenvalue weighted by molar-refractivity contribution is 7.17. The summed E-state index contributed by atoms with van der Waals surface area (Å²) in [7, 11) is -2.83. The molecule has 1 aliphatic rings. The maximum absolute atomic E-state index is 16.0. The molecule has 228 valence electrons. The molecule has 4 rings (SSSR count). The van der Waals surface area contributed by atoms with Crippen molar-refractivity contribution >= 4 is 50.0 Å². The van der Waals surface area contributed by atoms with Crippen LogP contribution in [0.1, 0.15) is 32.0 Å². The summed E-state index contributed by atoms with van der Waals surface area (Å²) in [5.74, 6) is -10.2. The third-order valence-corrected chi connectivity index (χ3v) is 10.9. The van der Waals surface area contributed by atoms with E-state index < -0.39 is 56.2 Å². The second kappa shape index (κ2) is 11.0. The van der Waals surface area contributed by atoms with Crippen molar-refractivity contribution in [2.75, 3.05) is 7.11 Å². The van der Waals surface area contributed by atoms with Gasteiger partial charge in [-0.3, -0.25) is 0 Å². The molecule has 0 amide bonds. The zero-order chi connectivity index (χ0) is 32.3. The van der Waals surface area contributed by atoms with Crippen LogP contribution in [0.15, 0.2) is 30.3 Å². The molecule has 1 aromatic carbocycles. The van der Waals surface area contributed by atoms with Gasteiger partial charge in [0.05, 0.1) is 16.9 Å². The van der Waals surface area contributed by atoms with Crippen LogP contribution in [0, 0.1) is 36.8 Å². The third kappa shape index (κ3) is 5.77. The maximum atomic E-state index is 16.0. The van der Waals surface area contributed by atoms with Crippen LogP contribution in [-0.2, 0) is 0 Å². The number of thiophene rings is 2. The van der Waals surface area contributed by atoms with Gasteiger partial charge in [0.15, 0.2) is 5.06 Å². The fourth-order valence-electron chi connectivity index (χ4n) is 4.68. The van der Waals surface area contributed by atoms with E-state index in [9.17, 15) is 0 Å². The van der Waals surface area contributed by atoms with Gasteiger partial charge in [-0.1, -0.05) is 92.8 Å². The first-order valence-corrected chi connectivity index (χ1v) is 22.1. The van der Waals surface area contributed by atoms with Gasteiger partial charge in [-0.15, -0.1) is 22.4 Å². The highest BCUT2D eigenvalue weighted by Crippen LogP contribution is 2.67. The third-order valence-electron chi connectivity index (χ3n) is 6.75. The van der Waals surface area contributed by atoms with E-state index in [1.54, 1.807) is 30.3 Å². The summed E-state index contributed by atoms with van der Waals surface area (Å²) in [5, 5.41) is -0.154. The molecular weight excluding hydrogens is 635 g/mol. The average molecular weight is 667 g/mol. The molecule has 43 heavy (non-hydrogen) atoms. The van der Waals surface area contributed by atoms with Crippen LogP contribution in [-0.4, -0.2) is 41.0 Å². The Balaban J connectivity index is 2.21. The number of methoxy groups -OCH3 is 1. The predicted molar refractivity (Wildman–Crippen MR) is 172 cm³/mol. The summed E-state index contributed by atoms with van der Waals surface area (Å²) in [4.78, 5) is 0.823. The average Bonchev–Trinajstić information content (AvgIpc) is 3.42. The van der Waals surface area contributed by atoms with Crippen molar-refractivity contribution in [3.05, 3.63) is 62.3 Å². The van der Waals surface area contributed by atoms with Crippen molar-refractivity contribution in [1.82, 2.24) is 0 Å². The van der Waals surface area contributed by atoms with E-state index in [2.05, 4.69) is 22.9 Å². The Morgan fingerprint density at radius 2 is 1.16 bits per heavy atom. The van der Waals surface area contributed by atoms with Crippen LogP contribution in [0.5, 0.6) is 5.06 Å². The minimum absolute atomic E-state index is 0.0237. The quantitative estimate of drug-likeness (QED) is 0.153. The maximum Gasteiger partial charge on any atom is 0.380 e. The van der Waals surface area contributed by atoms with Gasteiger partial charge >= 0.3 is 17.8 Å². The van der Waals surface area contributed by atoms with Crippen molar-refractivity contribution in [2.45, 2.75) is 70.9 Å². The zero-order valence-corrected chi connectivity index (χ0v) is 29.0. The highest BCUT2D eigenvalue weighted by Gasteiger charge is 2.81. The number of alkyl halides is 6. The minimum Gasteiger partial charge on any atom is -0.487 e. The molecule has 0 saturated heterocycles. The topological polar surface area (TPSA) is 9.23 Å². The van der Waals surface area contributed by atoms with Crippen LogP contribution < -0.4 is 4.74 Å². The lowest BCUT2D eigenvalue weighted by atomic mass is 9.91. The first-order valence-electron chi connectivity index (χ1n) is 13.5. The Hall–Kier alpha value is -2.71. The summed E-state index contributed by atoms with van der Waals surface area (Å²) >= 11 is 1.93. The van der Waals surface area contributed by atoms with Crippen molar-refractivity contribution in [3.8, 4) is 38.4 Å². The lowest BCUT2D eigenvalue weighted by Crippen LogP contribution is -2.49. The highest BCUT2D eigenvalue weighted by atomic mass is 32.1. The van der Waals surface area contributed by atoms with Crippen molar-refractivity contribution in [2.24, 2.45) is 0 Å². The molecule has 0 fully saturated rings. The first-order chi connectivity index (χ1) is 19.7. The molecule has 0 radical (unpaired) electrons. The zero-order valence-electron chi connectivity index (χ0n) is 25.4. The van der Waals surface area contributed by atoms with E-state index in [1.807, 2.05) is 39.3 Å². The standard InChI is InChI=1S/C32H32F6OS2Si2/c1-19-22(15-17-42(4,5)6)40-23(16-18-43(7,8)9)24(19)26-27(31(35,36)32(37,38)30(26,33)34)25-20(2)28(41-29(25)39-3)21-13-11-10-12-14-21/h10-14H,1-9H3. The Bertz CT molecular complexity index is 1730. The SMILES string of the molecule is COc1sc(-c2ccccc2)c(C)c1C1=C(c2c(C#C[Si](C)(C)C)sc(C#C[Si](C)(C)C)c2C)C(F)(F)C(F)(F)C1(F)F. The van der Waals surface area contributed by atoms with Gasteiger partial charge in [0.2, 0.25) is 0 Å². The molecule has 0 bridgehead atoms. The minimum atomic E-state index is -5.71. The van der Waals surface area contributed by atoms with E-state index in [0.717, 1.165) is 22.7 Å². The van der Waals surface area contributed by atoms with Gasteiger partial charge in [0.25, 0.3) is 0 Å². The normalized spacial score (nSPS) is 17.3. The number of allylic oxidation sites excluding steroid dienone is 2. The monoisotopic (exact) mass is 666 g/mol. The molecule has 2 aromatic heterocycles. The molecular formula is C32H32F6OS2Si2. The molecule has 2 heterocycles. The summed E-state index contributed by atoms with van der Waals surface area (Å²) in [6.45, 7) is 14.7. The van der Waals surface area contributed by atoms with Crippen molar-refractivity contribution < 1.29 is 31.1 Å². The number of ether oxygens (including phenoxy) is 1. The second-order valence-corrected chi connectivity index (χ2v) is 24.0. The van der Waals surface area contributed by atoms with Crippen molar-refractivity contribution in [1.29, 1.82) is 0 Å². The second-order valence-electron chi connectivity index (χ2n) is 12.5. The molecule has 0 N–H and O–H groups in total. The van der Waals surface area contributed by atoms with E-state index in [0.29, 0.717) is 15.3 Å². The molecule has 0 atom stereocenters. The molecule has 1 aliphatic carbocycles. The molecule has 0 saturated carbocycles. The number of halogens is 6. The molecule has 11 heteroatoms. The van der Waals surface area contributed by atoms with Gasteiger partial charge in [0.1, 0.15) is 16.1 Å². The first kappa shape index (κ1) is 33.2. The summed E-state index contributed by atoms with van der Waals surface area (Å²) in [6, 6.07) is 8.69. The van der Waals surface area contributed by atoms with Crippen LogP contribution >= 0.6 is 22.7 Å².